The van der Waals surface area contributed by atoms with Crippen LogP contribution in [-0.4, -0.2) is 69.8 Å². The van der Waals surface area contributed by atoms with Crippen molar-refractivity contribution in [2.75, 3.05) is 44.7 Å². The van der Waals surface area contributed by atoms with Gasteiger partial charge >= 0.3 is 0 Å². The normalized spacial score (nSPS) is 14.7. The summed E-state index contributed by atoms with van der Waals surface area (Å²) in [5.41, 5.74) is 3.73. The Labute approximate surface area is 179 Å². The minimum absolute atomic E-state index is 0.101. The average Bonchev–Trinajstić information content (AvgIpc) is 3.31. The van der Waals surface area contributed by atoms with Gasteiger partial charge in [-0.15, -0.1) is 10.2 Å². The van der Waals surface area contributed by atoms with Crippen molar-refractivity contribution in [2.24, 2.45) is 0 Å². The highest BCUT2D eigenvalue weighted by Crippen LogP contribution is 2.23. The van der Waals surface area contributed by atoms with Crippen LogP contribution in [0.3, 0.4) is 0 Å². The molecule has 9 nitrogen and oxygen atoms in total. The van der Waals surface area contributed by atoms with Gasteiger partial charge in [-0.1, -0.05) is 18.2 Å². The lowest BCUT2D eigenvalue weighted by Gasteiger charge is -2.26. The molecule has 0 radical (unpaired) electrons. The molecule has 2 aromatic heterocycles. The zero-order valence-corrected chi connectivity index (χ0v) is 17.0. The van der Waals surface area contributed by atoms with Crippen molar-refractivity contribution in [2.45, 2.75) is 0 Å². The Morgan fingerprint density at radius 3 is 2.87 bits per heavy atom. The number of rotatable bonds is 6. The second-order valence-corrected chi connectivity index (χ2v) is 7.39. The summed E-state index contributed by atoms with van der Waals surface area (Å²) in [6.45, 7) is 4.74. The molecule has 158 valence electrons. The number of fused-ring (bicyclic) bond motifs is 3. The zero-order chi connectivity index (χ0) is 21.0. The molecule has 0 saturated carbocycles. The van der Waals surface area contributed by atoms with Crippen molar-refractivity contribution in [1.29, 1.82) is 0 Å². The van der Waals surface area contributed by atoms with E-state index in [1.54, 1.807) is 12.4 Å². The lowest BCUT2D eigenvalue weighted by atomic mass is 10.2. The summed E-state index contributed by atoms with van der Waals surface area (Å²) in [4.78, 5) is 19.6. The predicted octanol–water partition coefficient (Wildman–Crippen LogP) is 2.08. The van der Waals surface area contributed by atoms with Crippen LogP contribution in [0.2, 0.25) is 0 Å². The van der Waals surface area contributed by atoms with Crippen molar-refractivity contribution in [1.82, 2.24) is 29.8 Å². The maximum Gasteiger partial charge on any atom is 0.251 e. The first-order valence-corrected chi connectivity index (χ1v) is 10.3. The van der Waals surface area contributed by atoms with E-state index in [1.807, 2.05) is 46.9 Å². The van der Waals surface area contributed by atoms with E-state index in [2.05, 4.69) is 25.7 Å². The minimum atomic E-state index is -0.101. The molecule has 0 atom stereocenters. The van der Waals surface area contributed by atoms with Gasteiger partial charge in [0.15, 0.2) is 5.82 Å². The van der Waals surface area contributed by atoms with E-state index in [-0.39, 0.29) is 5.91 Å². The van der Waals surface area contributed by atoms with Crippen LogP contribution < -0.4 is 10.6 Å². The van der Waals surface area contributed by atoms with Crippen molar-refractivity contribution < 1.29 is 9.53 Å². The summed E-state index contributed by atoms with van der Waals surface area (Å²) < 4.78 is 7.25. The van der Waals surface area contributed by atoms with Gasteiger partial charge in [-0.2, -0.15) is 0 Å². The summed E-state index contributed by atoms with van der Waals surface area (Å²) in [6.07, 6.45) is 1.67. The van der Waals surface area contributed by atoms with Crippen LogP contribution >= 0.6 is 0 Å². The fourth-order valence-corrected chi connectivity index (χ4v) is 3.72. The Morgan fingerprint density at radius 1 is 1.10 bits per heavy atom. The van der Waals surface area contributed by atoms with Crippen molar-refractivity contribution in [3.63, 3.8) is 0 Å². The summed E-state index contributed by atoms with van der Waals surface area (Å²) in [6, 6.07) is 15.2. The molecule has 31 heavy (non-hydrogen) atoms. The summed E-state index contributed by atoms with van der Waals surface area (Å²) in [7, 11) is 0. The highest BCUT2D eigenvalue weighted by molar-refractivity contribution is 5.95. The standard InChI is InChI=1S/C22H23N7O2/c30-22(23-8-9-28-10-12-31-13-11-28)16-4-3-5-17(14-16)25-20-21-27-24-15-29(21)19-7-2-1-6-18(19)26-20/h1-7,14-15H,8-13H2,(H,23,30)(H,25,26). The Balaban J connectivity index is 1.31. The average molecular weight is 417 g/mol. The lowest BCUT2D eigenvalue weighted by molar-refractivity contribution is 0.0383. The van der Waals surface area contributed by atoms with Gasteiger partial charge in [0.1, 0.15) is 6.33 Å². The largest absolute Gasteiger partial charge is 0.379 e. The summed E-state index contributed by atoms with van der Waals surface area (Å²) in [5.74, 6) is 0.483. The number of aromatic nitrogens is 4. The Morgan fingerprint density at radius 2 is 1.97 bits per heavy atom. The van der Waals surface area contributed by atoms with Gasteiger partial charge in [-0.05, 0) is 30.3 Å². The second-order valence-electron chi connectivity index (χ2n) is 7.39. The number of carbonyl (C=O) groups is 1. The fourth-order valence-electron chi connectivity index (χ4n) is 3.72. The van der Waals surface area contributed by atoms with Crippen LogP contribution in [-0.2, 0) is 4.74 Å². The van der Waals surface area contributed by atoms with E-state index in [9.17, 15) is 4.79 Å². The minimum Gasteiger partial charge on any atom is -0.379 e. The molecule has 4 aromatic rings. The molecule has 1 fully saturated rings. The molecule has 1 aliphatic heterocycles. The summed E-state index contributed by atoms with van der Waals surface area (Å²) >= 11 is 0. The molecule has 5 rings (SSSR count). The van der Waals surface area contributed by atoms with E-state index in [0.29, 0.717) is 23.6 Å². The topological polar surface area (TPSA) is 96.7 Å². The quantitative estimate of drug-likeness (QED) is 0.496. The lowest BCUT2D eigenvalue weighted by Crippen LogP contribution is -2.41. The molecule has 1 aliphatic rings. The van der Waals surface area contributed by atoms with Gasteiger partial charge in [0, 0.05) is 37.4 Å². The first-order chi connectivity index (χ1) is 15.3. The van der Waals surface area contributed by atoms with Crippen LogP contribution in [0.1, 0.15) is 10.4 Å². The Hall–Kier alpha value is -3.56. The monoisotopic (exact) mass is 417 g/mol. The molecular weight excluding hydrogens is 394 g/mol. The number of nitrogens with one attached hydrogen (secondary N) is 2. The molecule has 2 aromatic carbocycles. The van der Waals surface area contributed by atoms with Gasteiger partial charge in [-0.3, -0.25) is 14.1 Å². The van der Waals surface area contributed by atoms with Gasteiger partial charge in [-0.25, -0.2) is 4.98 Å². The SMILES string of the molecule is O=C(NCCN1CCOCC1)c1cccc(Nc2nc3ccccc3n3cnnc23)c1. The number of morpholine rings is 1. The number of benzene rings is 2. The number of hydrogen-bond donors (Lipinski definition) is 2. The van der Waals surface area contributed by atoms with Gasteiger partial charge in [0.2, 0.25) is 5.65 Å². The number of ether oxygens (including phenoxy) is 1. The maximum atomic E-state index is 12.6. The summed E-state index contributed by atoms with van der Waals surface area (Å²) in [5, 5.41) is 14.5. The van der Waals surface area contributed by atoms with E-state index >= 15 is 0 Å². The fraction of sp³-hybridized carbons (Fsp3) is 0.273. The van der Waals surface area contributed by atoms with E-state index < -0.39 is 0 Å². The maximum absolute atomic E-state index is 12.6. The number of hydrogen-bond acceptors (Lipinski definition) is 7. The van der Waals surface area contributed by atoms with Crippen LogP contribution in [0.25, 0.3) is 16.7 Å². The van der Waals surface area contributed by atoms with E-state index in [4.69, 9.17) is 9.72 Å². The Kier molecular flexibility index (Phi) is 5.42. The van der Waals surface area contributed by atoms with E-state index in [1.165, 1.54) is 0 Å². The highest BCUT2D eigenvalue weighted by atomic mass is 16.5. The van der Waals surface area contributed by atoms with Crippen molar-refractivity contribution in [3.05, 3.63) is 60.4 Å². The molecule has 0 bridgehead atoms. The number of amides is 1. The van der Waals surface area contributed by atoms with Crippen LogP contribution in [0, 0.1) is 0 Å². The molecule has 0 spiro atoms. The van der Waals surface area contributed by atoms with Crippen molar-refractivity contribution >= 4 is 34.1 Å². The van der Waals surface area contributed by atoms with Gasteiger partial charge in [0.05, 0.1) is 24.2 Å². The first-order valence-electron chi connectivity index (χ1n) is 10.3. The Bertz CT molecular complexity index is 1220. The van der Waals surface area contributed by atoms with Crippen molar-refractivity contribution in [3.8, 4) is 0 Å². The molecule has 1 amide bonds. The molecule has 0 unspecified atom stereocenters. The van der Waals surface area contributed by atoms with Crippen LogP contribution in [0.4, 0.5) is 11.5 Å². The highest BCUT2D eigenvalue weighted by Gasteiger charge is 2.13. The molecule has 1 saturated heterocycles. The van der Waals surface area contributed by atoms with E-state index in [0.717, 1.165) is 49.6 Å². The third-order valence-electron chi connectivity index (χ3n) is 5.34. The number of nitrogens with zero attached hydrogens (tertiary/aromatic N) is 5. The number of carbonyl (C=O) groups excluding carboxylic acids is 1. The first kappa shape index (κ1) is 19.4. The van der Waals surface area contributed by atoms with Crippen LogP contribution in [0.5, 0.6) is 0 Å². The smallest absolute Gasteiger partial charge is 0.251 e. The van der Waals surface area contributed by atoms with Gasteiger partial charge < -0.3 is 15.4 Å². The molecule has 9 heteroatoms. The number of anilines is 2. The third-order valence-corrected chi connectivity index (χ3v) is 5.34. The zero-order valence-electron chi connectivity index (χ0n) is 17.0. The second kappa shape index (κ2) is 8.66. The number of para-hydroxylation sites is 2. The third kappa shape index (κ3) is 4.18. The predicted molar refractivity (Wildman–Crippen MR) is 118 cm³/mol. The molecule has 0 aliphatic carbocycles. The molecule has 2 N–H and O–H groups in total. The van der Waals surface area contributed by atoms with Crippen LogP contribution in [0.15, 0.2) is 54.9 Å². The molecular formula is C22H23N7O2. The molecule has 3 heterocycles. The van der Waals surface area contributed by atoms with Gasteiger partial charge in [0.25, 0.3) is 5.91 Å².